The van der Waals surface area contributed by atoms with Gasteiger partial charge in [0.2, 0.25) is 0 Å². The zero-order valence-corrected chi connectivity index (χ0v) is 6.39. The van der Waals surface area contributed by atoms with Gasteiger partial charge >= 0.3 is 0 Å². The summed E-state index contributed by atoms with van der Waals surface area (Å²) in [5.41, 5.74) is 1.19. The molecule has 2 nitrogen and oxygen atoms in total. The normalized spacial score (nSPS) is 10.1. The Morgan fingerprint density at radius 2 is 2.11 bits per heavy atom. The maximum absolute atomic E-state index is 3.88. The number of allylic oxidation sites excluding steroid dienone is 1. The molecule has 0 spiro atoms. The molecule has 0 amide bonds. The van der Waals surface area contributed by atoms with Gasteiger partial charge in [0, 0.05) is 6.20 Å². The third kappa shape index (κ3) is 7.34. The molecular weight excluding hydrogens is 112 g/mol. The molecule has 0 atom stereocenters. The Balaban J connectivity index is 3.35. The molecule has 0 rings (SSSR count). The third-order valence-electron chi connectivity index (χ3n) is 0.721. The standard InChI is InChI=1S/C7H14N2/c1-4-5-8-9-6-7(2)3/h6H,4-5H2,1-3H3. The van der Waals surface area contributed by atoms with Crippen molar-refractivity contribution in [2.75, 3.05) is 6.54 Å². The molecule has 52 valence electrons. The fourth-order valence-corrected chi connectivity index (χ4v) is 0.314. The quantitative estimate of drug-likeness (QED) is 0.519. The van der Waals surface area contributed by atoms with Crippen LogP contribution in [0.3, 0.4) is 0 Å². The Morgan fingerprint density at radius 1 is 1.44 bits per heavy atom. The van der Waals surface area contributed by atoms with Crippen molar-refractivity contribution in [3.63, 3.8) is 0 Å². The number of rotatable bonds is 3. The van der Waals surface area contributed by atoms with E-state index < -0.39 is 0 Å². The smallest absolute Gasteiger partial charge is 0.0600 e. The average Bonchev–Trinajstić information content (AvgIpc) is 1.80. The van der Waals surface area contributed by atoms with E-state index in [0.717, 1.165) is 13.0 Å². The molecule has 9 heavy (non-hydrogen) atoms. The van der Waals surface area contributed by atoms with Crippen molar-refractivity contribution in [3.05, 3.63) is 11.8 Å². The Hall–Kier alpha value is -0.660. The highest BCUT2D eigenvalue weighted by Gasteiger charge is 1.72. The lowest BCUT2D eigenvalue weighted by molar-refractivity contribution is 0.872. The Morgan fingerprint density at radius 3 is 2.56 bits per heavy atom. The molecule has 0 aromatic rings. The molecule has 0 aliphatic heterocycles. The zero-order valence-electron chi connectivity index (χ0n) is 6.39. The van der Waals surface area contributed by atoms with Crippen molar-refractivity contribution < 1.29 is 0 Å². The lowest BCUT2D eigenvalue weighted by Gasteiger charge is -1.82. The van der Waals surface area contributed by atoms with Crippen LogP contribution in [0.15, 0.2) is 22.0 Å². The fourth-order valence-electron chi connectivity index (χ4n) is 0.314. The predicted molar refractivity (Wildman–Crippen MR) is 39.4 cm³/mol. The van der Waals surface area contributed by atoms with Gasteiger partial charge < -0.3 is 0 Å². The van der Waals surface area contributed by atoms with E-state index in [2.05, 4.69) is 17.2 Å². The molecule has 0 radical (unpaired) electrons. The molecule has 0 heterocycles. The molecule has 0 unspecified atom stereocenters. The summed E-state index contributed by atoms with van der Waals surface area (Å²) >= 11 is 0. The Bertz CT molecular complexity index is 110. The molecular formula is C7H14N2. The highest BCUT2D eigenvalue weighted by molar-refractivity contribution is 4.89. The van der Waals surface area contributed by atoms with Crippen LogP contribution >= 0.6 is 0 Å². The molecule has 0 fully saturated rings. The second-order valence-electron chi connectivity index (χ2n) is 2.19. The first-order valence-corrected chi connectivity index (χ1v) is 3.27. The molecule has 0 aliphatic rings. The van der Waals surface area contributed by atoms with E-state index in [1.165, 1.54) is 5.57 Å². The lowest BCUT2D eigenvalue weighted by Crippen LogP contribution is -1.69. The molecule has 0 aromatic heterocycles. The molecule has 2 heteroatoms. The van der Waals surface area contributed by atoms with Crippen molar-refractivity contribution in [2.24, 2.45) is 10.2 Å². The second-order valence-corrected chi connectivity index (χ2v) is 2.19. The summed E-state index contributed by atoms with van der Waals surface area (Å²) in [4.78, 5) is 0. The van der Waals surface area contributed by atoms with Crippen molar-refractivity contribution in [2.45, 2.75) is 27.2 Å². The van der Waals surface area contributed by atoms with Crippen LogP contribution in [0.5, 0.6) is 0 Å². The molecule has 0 saturated carbocycles. The molecule has 0 N–H and O–H groups in total. The van der Waals surface area contributed by atoms with Gasteiger partial charge in [-0.15, -0.1) is 0 Å². The molecule has 0 aromatic carbocycles. The largest absolute Gasteiger partial charge is 0.189 e. The van der Waals surface area contributed by atoms with Gasteiger partial charge in [-0.25, -0.2) is 0 Å². The number of hydrogen-bond donors (Lipinski definition) is 0. The maximum Gasteiger partial charge on any atom is 0.0600 e. The Kier molecular flexibility index (Phi) is 5.07. The zero-order chi connectivity index (χ0) is 7.11. The van der Waals surface area contributed by atoms with Gasteiger partial charge in [-0.1, -0.05) is 12.5 Å². The first kappa shape index (κ1) is 8.34. The third-order valence-corrected chi connectivity index (χ3v) is 0.721. The minimum Gasteiger partial charge on any atom is -0.189 e. The van der Waals surface area contributed by atoms with Gasteiger partial charge in [0.25, 0.3) is 0 Å². The average molecular weight is 126 g/mol. The topological polar surface area (TPSA) is 24.7 Å². The van der Waals surface area contributed by atoms with Gasteiger partial charge in [-0.2, -0.15) is 10.2 Å². The van der Waals surface area contributed by atoms with Crippen LogP contribution in [0.2, 0.25) is 0 Å². The van der Waals surface area contributed by atoms with E-state index in [-0.39, 0.29) is 0 Å². The van der Waals surface area contributed by atoms with Gasteiger partial charge in [0.1, 0.15) is 0 Å². The summed E-state index contributed by atoms with van der Waals surface area (Å²) < 4.78 is 0. The first-order valence-electron chi connectivity index (χ1n) is 3.27. The summed E-state index contributed by atoms with van der Waals surface area (Å²) in [6, 6.07) is 0. The van der Waals surface area contributed by atoms with Crippen LogP contribution in [-0.4, -0.2) is 6.54 Å². The van der Waals surface area contributed by atoms with E-state index >= 15 is 0 Å². The second kappa shape index (κ2) is 5.48. The van der Waals surface area contributed by atoms with Crippen LogP contribution in [0.25, 0.3) is 0 Å². The van der Waals surface area contributed by atoms with Gasteiger partial charge in [-0.3, -0.25) is 0 Å². The van der Waals surface area contributed by atoms with E-state index in [1.807, 2.05) is 13.8 Å². The summed E-state index contributed by atoms with van der Waals surface area (Å²) in [7, 11) is 0. The van der Waals surface area contributed by atoms with Crippen LogP contribution in [-0.2, 0) is 0 Å². The monoisotopic (exact) mass is 126 g/mol. The van der Waals surface area contributed by atoms with E-state index in [0.29, 0.717) is 0 Å². The van der Waals surface area contributed by atoms with Crippen molar-refractivity contribution in [1.29, 1.82) is 0 Å². The lowest BCUT2D eigenvalue weighted by atomic mass is 10.4. The first-order chi connectivity index (χ1) is 4.27. The minimum atomic E-state index is 0.837. The van der Waals surface area contributed by atoms with Crippen molar-refractivity contribution in [1.82, 2.24) is 0 Å². The predicted octanol–water partition coefficient (Wildman–Crippen LogP) is 2.77. The van der Waals surface area contributed by atoms with Crippen LogP contribution in [0, 0.1) is 0 Å². The fraction of sp³-hybridized carbons (Fsp3) is 0.714. The van der Waals surface area contributed by atoms with Gasteiger partial charge in [0.05, 0.1) is 6.54 Å². The van der Waals surface area contributed by atoms with E-state index in [4.69, 9.17) is 0 Å². The van der Waals surface area contributed by atoms with Gasteiger partial charge in [-0.05, 0) is 20.3 Å². The Labute approximate surface area is 56.7 Å². The number of nitrogens with zero attached hydrogens (tertiary/aromatic N) is 2. The highest BCUT2D eigenvalue weighted by atomic mass is 15.1. The van der Waals surface area contributed by atoms with Crippen LogP contribution in [0.4, 0.5) is 0 Å². The van der Waals surface area contributed by atoms with E-state index in [1.54, 1.807) is 6.20 Å². The minimum absolute atomic E-state index is 0.837. The van der Waals surface area contributed by atoms with Crippen molar-refractivity contribution in [3.8, 4) is 0 Å². The van der Waals surface area contributed by atoms with Crippen LogP contribution in [0.1, 0.15) is 27.2 Å². The summed E-state index contributed by atoms with van der Waals surface area (Å²) in [5.74, 6) is 0. The van der Waals surface area contributed by atoms with Crippen LogP contribution < -0.4 is 0 Å². The van der Waals surface area contributed by atoms with Crippen molar-refractivity contribution >= 4 is 0 Å². The van der Waals surface area contributed by atoms with Gasteiger partial charge in [0.15, 0.2) is 0 Å². The SMILES string of the molecule is CCCN=NC=C(C)C. The number of azo groups is 1. The number of hydrogen-bond acceptors (Lipinski definition) is 2. The maximum atomic E-state index is 3.88. The summed E-state index contributed by atoms with van der Waals surface area (Å²) in [5, 5.41) is 7.70. The summed E-state index contributed by atoms with van der Waals surface area (Å²) in [6.07, 6.45) is 2.84. The molecule has 0 saturated heterocycles. The molecule has 0 bridgehead atoms. The summed E-state index contributed by atoms with van der Waals surface area (Å²) in [6.45, 7) is 6.93. The highest BCUT2D eigenvalue weighted by Crippen LogP contribution is 1.89. The molecule has 0 aliphatic carbocycles. The van der Waals surface area contributed by atoms with E-state index in [9.17, 15) is 0 Å².